The lowest BCUT2D eigenvalue weighted by molar-refractivity contribution is -0.137. The maximum Gasteiger partial charge on any atom is 0.416 e. The summed E-state index contributed by atoms with van der Waals surface area (Å²) in [5.41, 5.74) is 0.857. The van der Waals surface area contributed by atoms with Crippen molar-refractivity contribution in [2.75, 3.05) is 0 Å². The van der Waals surface area contributed by atoms with Gasteiger partial charge in [0.2, 0.25) is 0 Å². The highest BCUT2D eigenvalue weighted by Crippen LogP contribution is 2.31. The van der Waals surface area contributed by atoms with Crippen molar-refractivity contribution in [2.45, 2.75) is 23.0 Å². The molecule has 0 aliphatic heterocycles. The molecule has 20 heavy (non-hydrogen) atoms. The molecule has 0 radical (unpaired) electrons. The molecule has 7 heteroatoms. The van der Waals surface area contributed by atoms with Gasteiger partial charge in [-0.15, -0.1) is 11.6 Å². The van der Waals surface area contributed by atoms with E-state index in [1.54, 1.807) is 12.3 Å². The van der Waals surface area contributed by atoms with Crippen LogP contribution in [0.5, 0.6) is 0 Å². The van der Waals surface area contributed by atoms with Crippen molar-refractivity contribution in [1.82, 2.24) is 9.55 Å². The number of benzene rings is 1. The van der Waals surface area contributed by atoms with Gasteiger partial charge in [-0.05, 0) is 11.6 Å². The average Bonchev–Trinajstić information content (AvgIpc) is 2.76. The Hall–Kier alpha value is -1.14. The molecule has 1 heterocycles. The molecular weight excluding hydrogens is 309 g/mol. The second-order valence-electron chi connectivity index (χ2n) is 4.21. The van der Waals surface area contributed by atoms with E-state index in [2.05, 4.69) is 4.98 Å². The molecule has 0 saturated heterocycles. The van der Waals surface area contributed by atoms with Crippen LogP contribution in [0.15, 0.2) is 35.6 Å². The second kappa shape index (κ2) is 6.10. The third-order valence-electron chi connectivity index (χ3n) is 2.80. The number of alkyl halides is 4. The predicted molar refractivity (Wildman–Crippen MR) is 73.8 cm³/mol. The summed E-state index contributed by atoms with van der Waals surface area (Å²) < 4.78 is 39.7. The number of hydrogen-bond donors (Lipinski definition) is 0. The Kier molecular flexibility index (Phi) is 4.65. The largest absolute Gasteiger partial charge is 0.416 e. The van der Waals surface area contributed by atoms with Crippen LogP contribution in [0.2, 0.25) is 0 Å². The van der Waals surface area contributed by atoms with E-state index in [-0.39, 0.29) is 0 Å². The Bertz CT molecular complexity index is 596. The van der Waals surface area contributed by atoms with Gasteiger partial charge in [0.15, 0.2) is 5.16 Å². The molecule has 0 bridgehead atoms. The van der Waals surface area contributed by atoms with Crippen LogP contribution in [-0.4, -0.2) is 9.55 Å². The van der Waals surface area contributed by atoms with Crippen molar-refractivity contribution in [3.63, 3.8) is 0 Å². The zero-order chi connectivity index (χ0) is 14.8. The first-order chi connectivity index (χ1) is 9.41. The lowest BCUT2D eigenvalue weighted by Crippen LogP contribution is -2.05. The van der Waals surface area contributed by atoms with Crippen molar-refractivity contribution in [1.29, 1.82) is 0 Å². The summed E-state index contributed by atoms with van der Waals surface area (Å²) in [5, 5.41) is 0.734. The van der Waals surface area contributed by atoms with Crippen LogP contribution < -0.4 is 0 Å². The van der Waals surface area contributed by atoms with Crippen LogP contribution in [0.4, 0.5) is 13.2 Å². The molecule has 2 nitrogen and oxygen atoms in total. The molecule has 1 aromatic carbocycles. The smallest absolute Gasteiger partial charge is 0.325 e. The number of imidazole rings is 1. The van der Waals surface area contributed by atoms with Crippen molar-refractivity contribution < 1.29 is 13.2 Å². The fourth-order valence-corrected chi connectivity index (χ4v) is 2.83. The minimum atomic E-state index is -4.31. The van der Waals surface area contributed by atoms with Crippen molar-refractivity contribution in [3.8, 4) is 0 Å². The maximum absolute atomic E-state index is 12.6. The van der Waals surface area contributed by atoms with E-state index in [0.717, 1.165) is 16.9 Å². The molecule has 0 aliphatic rings. The maximum atomic E-state index is 12.6. The van der Waals surface area contributed by atoms with E-state index in [9.17, 15) is 13.2 Å². The van der Waals surface area contributed by atoms with Gasteiger partial charge in [0.1, 0.15) is 0 Å². The normalized spacial score (nSPS) is 11.8. The van der Waals surface area contributed by atoms with E-state index in [0.29, 0.717) is 17.2 Å². The van der Waals surface area contributed by atoms with Gasteiger partial charge in [-0.1, -0.05) is 30.0 Å². The van der Waals surface area contributed by atoms with E-state index in [1.807, 2.05) is 11.6 Å². The third-order valence-corrected chi connectivity index (χ3v) is 4.19. The van der Waals surface area contributed by atoms with Crippen LogP contribution in [0.3, 0.4) is 0 Å². The van der Waals surface area contributed by atoms with Crippen LogP contribution in [0, 0.1) is 0 Å². The standard InChI is InChI=1S/C13H12ClF3N2S/c1-19-11(6-14)7-18-12(19)20-8-9-3-2-4-10(5-9)13(15,16)17/h2-5,7H,6,8H2,1H3. The first-order valence-electron chi connectivity index (χ1n) is 5.77. The zero-order valence-corrected chi connectivity index (χ0v) is 12.2. The Morgan fingerprint density at radius 1 is 1.35 bits per heavy atom. The van der Waals surface area contributed by atoms with Crippen molar-refractivity contribution >= 4 is 23.4 Å². The molecule has 0 N–H and O–H groups in total. The second-order valence-corrected chi connectivity index (χ2v) is 5.42. The minimum Gasteiger partial charge on any atom is -0.325 e. The van der Waals surface area contributed by atoms with Gasteiger partial charge in [0, 0.05) is 12.8 Å². The topological polar surface area (TPSA) is 17.8 Å². The number of aromatic nitrogens is 2. The zero-order valence-electron chi connectivity index (χ0n) is 10.6. The Morgan fingerprint density at radius 3 is 2.70 bits per heavy atom. The van der Waals surface area contributed by atoms with Gasteiger partial charge in [-0.25, -0.2) is 4.98 Å². The Labute approximate surface area is 124 Å². The molecule has 0 spiro atoms. The van der Waals surface area contributed by atoms with E-state index in [4.69, 9.17) is 11.6 Å². The summed E-state index contributed by atoms with van der Waals surface area (Å²) in [6, 6.07) is 5.33. The molecule has 2 aromatic rings. The molecule has 2 rings (SSSR count). The van der Waals surface area contributed by atoms with Gasteiger partial charge in [-0.2, -0.15) is 13.2 Å². The number of rotatable bonds is 4. The minimum absolute atomic E-state index is 0.355. The predicted octanol–water partition coefficient (Wildman–Crippen LogP) is 4.47. The van der Waals surface area contributed by atoms with Gasteiger partial charge in [0.05, 0.1) is 23.3 Å². The number of thioether (sulfide) groups is 1. The Balaban J connectivity index is 2.09. The summed E-state index contributed by atoms with van der Waals surface area (Å²) in [7, 11) is 1.83. The molecular formula is C13H12ClF3N2S. The van der Waals surface area contributed by atoms with Crippen LogP contribution >= 0.6 is 23.4 Å². The lowest BCUT2D eigenvalue weighted by atomic mass is 10.1. The van der Waals surface area contributed by atoms with Crippen LogP contribution in [-0.2, 0) is 24.9 Å². The lowest BCUT2D eigenvalue weighted by Gasteiger charge is -2.08. The molecule has 0 fully saturated rings. The van der Waals surface area contributed by atoms with E-state index < -0.39 is 11.7 Å². The molecule has 0 amide bonds. The summed E-state index contributed by atoms with van der Waals surface area (Å²) in [5.74, 6) is 0.782. The summed E-state index contributed by atoms with van der Waals surface area (Å²) in [4.78, 5) is 4.19. The SMILES string of the molecule is Cn1c(CCl)cnc1SCc1cccc(C(F)(F)F)c1. The summed E-state index contributed by atoms with van der Waals surface area (Å²) in [6.07, 6.45) is -2.64. The summed E-state index contributed by atoms with van der Waals surface area (Å²) >= 11 is 7.12. The van der Waals surface area contributed by atoms with Gasteiger partial charge >= 0.3 is 6.18 Å². The van der Waals surface area contributed by atoms with E-state index in [1.165, 1.54) is 23.9 Å². The number of hydrogen-bond acceptors (Lipinski definition) is 2. The van der Waals surface area contributed by atoms with Crippen molar-refractivity contribution in [2.24, 2.45) is 7.05 Å². The monoisotopic (exact) mass is 320 g/mol. The fraction of sp³-hybridized carbons (Fsp3) is 0.308. The first kappa shape index (κ1) is 15.3. The fourth-order valence-electron chi connectivity index (χ4n) is 1.67. The van der Waals surface area contributed by atoms with Gasteiger partial charge < -0.3 is 4.57 Å². The van der Waals surface area contributed by atoms with Gasteiger partial charge in [-0.3, -0.25) is 0 Å². The summed E-state index contributed by atoms with van der Waals surface area (Å²) in [6.45, 7) is 0. The molecule has 0 aliphatic carbocycles. The molecule has 1 aromatic heterocycles. The highest BCUT2D eigenvalue weighted by molar-refractivity contribution is 7.98. The number of nitrogens with zero attached hydrogens (tertiary/aromatic N) is 2. The van der Waals surface area contributed by atoms with Crippen LogP contribution in [0.1, 0.15) is 16.8 Å². The average molecular weight is 321 g/mol. The number of halogens is 4. The third kappa shape index (κ3) is 3.49. The molecule has 0 atom stereocenters. The van der Waals surface area contributed by atoms with Crippen LogP contribution in [0.25, 0.3) is 0 Å². The molecule has 0 saturated carbocycles. The first-order valence-corrected chi connectivity index (χ1v) is 7.29. The Morgan fingerprint density at radius 2 is 2.10 bits per heavy atom. The quantitative estimate of drug-likeness (QED) is 0.611. The highest BCUT2D eigenvalue weighted by atomic mass is 35.5. The van der Waals surface area contributed by atoms with Gasteiger partial charge in [0.25, 0.3) is 0 Å². The van der Waals surface area contributed by atoms with Crippen molar-refractivity contribution in [3.05, 3.63) is 47.3 Å². The van der Waals surface area contributed by atoms with E-state index >= 15 is 0 Å². The molecule has 108 valence electrons. The molecule has 0 unspecified atom stereocenters. The highest BCUT2D eigenvalue weighted by Gasteiger charge is 2.30.